The zero-order valence-electron chi connectivity index (χ0n) is 18.1. The number of rotatable bonds is 6. The number of carbonyl (C=O) groups is 1. The van der Waals surface area contributed by atoms with E-state index in [0.717, 1.165) is 37.7 Å². The van der Waals surface area contributed by atoms with E-state index in [9.17, 15) is 17.6 Å². The monoisotopic (exact) mass is 460 g/mol. The summed E-state index contributed by atoms with van der Waals surface area (Å²) in [4.78, 5) is 13.1. The Bertz CT molecular complexity index is 1040. The van der Waals surface area contributed by atoms with Gasteiger partial charge in [-0.3, -0.25) is 4.79 Å². The van der Waals surface area contributed by atoms with E-state index in [0.29, 0.717) is 38.4 Å². The lowest BCUT2D eigenvalue weighted by Gasteiger charge is -2.38. The largest absolute Gasteiger partial charge is 0.379 e. The van der Waals surface area contributed by atoms with E-state index in [2.05, 4.69) is 5.32 Å². The molecule has 1 saturated carbocycles. The van der Waals surface area contributed by atoms with Gasteiger partial charge in [0.2, 0.25) is 10.0 Å². The van der Waals surface area contributed by atoms with Crippen LogP contribution < -0.4 is 5.32 Å². The maximum atomic E-state index is 13.5. The number of amides is 1. The van der Waals surface area contributed by atoms with Crippen LogP contribution in [-0.2, 0) is 20.2 Å². The number of morpholine rings is 1. The third-order valence-corrected chi connectivity index (χ3v) is 8.45. The second-order valence-electron chi connectivity index (χ2n) is 8.57. The average Bonchev–Trinajstić information content (AvgIpc) is 2.84. The van der Waals surface area contributed by atoms with Crippen molar-refractivity contribution in [3.63, 3.8) is 0 Å². The minimum Gasteiger partial charge on any atom is -0.379 e. The first kappa shape index (κ1) is 22.9. The topological polar surface area (TPSA) is 75.7 Å². The summed E-state index contributed by atoms with van der Waals surface area (Å²) in [7, 11) is -3.67. The zero-order valence-corrected chi connectivity index (χ0v) is 18.9. The molecule has 2 aliphatic rings. The van der Waals surface area contributed by atoms with Crippen LogP contribution in [0.15, 0.2) is 53.4 Å². The normalized spacial score (nSPS) is 19.4. The summed E-state index contributed by atoms with van der Waals surface area (Å²) >= 11 is 0. The Labute approximate surface area is 188 Å². The SMILES string of the molecule is O=C(NCC1(c2ccc(F)cc2)CCCCC1)c1cccc(S(=O)(=O)N2CCOCC2)c1. The van der Waals surface area contributed by atoms with Crippen molar-refractivity contribution >= 4 is 15.9 Å². The lowest BCUT2D eigenvalue weighted by atomic mass is 9.69. The van der Waals surface area contributed by atoms with Gasteiger partial charge in [-0.1, -0.05) is 37.5 Å². The molecule has 0 aromatic heterocycles. The molecule has 8 heteroatoms. The van der Waals surface area contributed by atoms with E-state index in [-0.39, 0.29) is 22.0 Å². The summed E-state index contributed by atoms with van der Waals surface area (Å²) < 4.78 is 46.0. The fraction of sp³-hybridized carbons (Fsp3) is 0.458. The van der Waals surface area contributed by atoms with Crippen LogP contribution in [-0.4, -0.2) is 51.5 Å². The van der Waals surface area contributed by atoms with Gasteiger partial charge in [0, 0.05) is 30.6 Å². The first-order valence-corrected chi connectivity index (χ1v) is 12.6. The fourth-order valence-electron chi connectivity index (χ4n) is 4.68. The summed E-state index contributed by atoms with van der Waals surface area (Å²) in [6.45, 7) is 1.77. The first-order valence-electron chi connectivity index (χ1n) is 11.1. The highest BCUT2D eigenvalue weighted by Gasteiger charge is 2.34. The van der Waals surface area contributed by atoms with E-state index in [4.69, 9.17) is 4.74 Å². The van der Waals surface area contributed by atoms with Gasteiger partial charge in [-0.05, 0) is 48.7 Å². The van der Waals surface area contributed by atoms with Crippen molar-refractivity contribution in [2.24, 2.45) is 0 Å². The molecule has 0 spiro atoms. The smallest absolute Gasteiger partial charge is 0.251 e. The Morgan fingerprint density at radius 2 is 1.72 bits per heavy atom. The Morgan fingerprint density at radius 3 is 2.41 bits per heavy atom. The van der Waals surface area contributed by atoms with Gasteiger partial charge in [-0.25, -0.2) is 12.8 Å². The van der Waals surface area contributed by atoms with Crippen LogP contribution in [0.25, 0.3) is 0 Å². The standard InChI is InChI=1S/C24H29FN2O4S/c25-21-9-7-20(8-10-21)24(11-2-1-3-12-24)18-26-23(28)19-5-4-6-22(17-19)32(29,30)27-13-15-31-16-14-27/h4-10,17H,1-3,11-16,18H2,(H,26,28). The molecule has 1 aliphatic heterocycles. The van der Waals surface area contributed by atoms with Gasteiger partial charge in [0.25, 0.3) is 5.91 Å². The number of hydrogen-bond donors (Lipinski definition) is 1. The summed E-state index contributed by atoms with van der Waals surface area (Å²) in [5, 5.41) is 3.02. The molecule has 0 unspecified atom stereocenters. The second-order valence-corrected chi connectivity index (χ2v) is 10.5. The maximum Gasteiger partial charge on any atom is 0.251 e. The number of carbonyl (C=O) groups excluding carboxylic acids is 1. The molecule has 4 rings (SSSR count). The number of ether oxygens (including phenoxy) is 1. The molecule has 1 amide bonds. The maximum absolute atomic E-state index is 13.5. The Hall–Kier alpha value is -2.29. The van der Waals surface area contributed by atoms with Crippen molar-refractivity contribution in [3.8, 4) is 0 Å². The van der Waals surface area contributed by atoms with Gasteiger partial charge >= 0.3 is 0 Å². The molecule has 1 N–H and O–H groups in total. The van der Waals surface area contributed by atoms with Crippen molar-refractivity contribution in [1.29, 1.82) is 0 Å². The highest BCUT2D eigenvalue weighted by atomic mass is 32.2. The van der Waals surface area contributed by atoms with Gasteiger partial charge in [0.05, 0.1) is 18.1 Å². The average molecular weight is 461 g/mol. The van der Waals surface area contributed by atoms with Gasteiger partial charge in [0.15, 0.2) is 0 Å². The van der Waals surface area contributed by atoms with E-state index in [1.165, 1.54) is 28.6 Å². The summed E-state index contributed by atoms with van der Waals surface area (Å²) in [6.07, 6.45) is 5.11. The van der Waals surface area contributed by atoms with Crippen molar-refractivity contribution in [3.05, 3.63) is 65.5 Å². The van der Waals surface area contributed by atoms with Gasteiger partial charge in [0.1, 0.15) is 5.82 Å². The molecule has 2 aromatic carbocycles. The van der Waals surface area contributed by atoms with Crippen LogP contribution in [0.3, 0.4) is 0 Å². The third kappa shape index (κ3) is 4.87. The molecule has 0 radical (unpaired) electrons. The van der Waals surface area contributed by atoms with Crippen LogP contribution >= 0.6 is 0 Å². The van der Waals surface area contributed by atoms with E-state index in [1.807, 2.05) is 12.1 Å². The molecule has 1 heterocycles. The number of sulfonamides is 1. The molecule has 32 heavy (non-hydrogen) atoms. The van der Waals surface area contributed by atoms with Crippen LogP contribution in [0.2, 0.25) is 0 Å². The van der Waals surface area contributed by atoms with E-state index in [1.54, 1.807) is 12.1 Å². The highest BCUT2D eigenvalue weighted by Crippen LogP contribution is 2.39. The van der Waals surface area contributed by atoms with Crippen molar-refractivity contribution in [2.75, 3.05) is 32.8 Å². The van der Waals surface area contributed by atoms with Crippen molar-refractivity contribution in [1.82, 2.24) is 9.62 Å². The number of benzene rings is 2. The predicted octanol–water partition coefficient (Wildman–Crippen LogP) is 3.48. The third-order valence-electron chi connectivity index (χ3n) is 6.56. The molecule has 0 atom stereocenters. The van der Waals surface area contributed by atoms with Crippen molar-refractivity contribution < 1.29 is 22.3 Å². The molecule has 6 nitrogen and oxygen atoms in total. The highest BCUT2D eigenvalue weighted by molar-refractivity contribution is 7.89. The molecule has 1 aliphatic carbocycles. The van der Waals surface area contributed by atoms with Crippen LogP contribution in [0.5, 0.6) is 0 Å². The Kier molecular flexibility index (Phi) is 6.93. The zero-order chi connectivity index (χ0) is 22.6. The molecular formula is C24H29FN2O4S. The molecule has 1 saturated heterocycles. The summed E-state index contributed by atoms with van der Waals surface area (Å²) in [5.41, 5.74) is 1.10. The summed E-state index contributed by atoms with van der Waals surface area (Å²) in [6, 6.07) is 12.7. The molecule has 0 bridgehead atoms. The second kappa shape index (κ2) is 9.68. The number of nitrogens with zero attached hydrogens (tertiary/aromatic N) is 1. The molecule has 172 valence electrons. The Morgan fingerprint density at radius 1 is 1.03 bits per heavy atom. The van der Waals surface area contributed by atoms with Crippen LogP contribution in [0.4, 0.5) is 4.39 Å². The minimum atomic E-state index is -3.67. The number of nitrogens with one attached hydrogen (secondary N) is 1. The van der Waals surface area contributed by atoms with Gasteiger partial charge < -0.3 is 10.1 Å². The molecule has 2 fully saturated rings. The molecule has 2 aromatic rings. The first-order chi connectivity index (χ1) is 15.4. The van der Waals surface area contributed by atoms with Crippen LogP contribution in [0, 0.1) is 5.82 Å². The summed E-state index contributed by atoms with van der Waals surface area (Å²) in [5.74, 6) is -0.585. The van der Waals surface area contributed by atoms with E-state index < -0.39 is 10.0 Å². The Balaban J connectivity index is 1.51. The van der Waals surface area contributed by atoms with E-state index >= 15 is 0 Å². The number of halogens is 1. The van der Waals surface area contributed by atoms with Crippen molar-refractivity contribution in [2.45, 2.75) is 42.4 Å². The van der Waals surface area contributed by atoms with Crippen LogP contribution in [0.1, 0.15) is 48.0 Å². The lowest BCUT2D eigenvalue weighted by molar-refractivity contribution is 0.0730. The quantitative estimate of drug-likeness (QED) is 0.716. The minimum absolute atomic E-state index is 0.109. The predicted molar refractivity (Wildman–Crippen MR) is 120 cm³/mol. The number of hydrogen-bond acceptors (Lipinski definition) is 4. The lowest BCUT2D eigenvalue weighted by Crippen LogP contribution is -2.42. The molecular weight excluding hydrogens is 431 g/mol. The van der Waals surface area contributed by atoms with Gasteiger partial charge in [-0.15, -0.1) is 0 Å². The van der Waals surface area contributed by atoms with Gasteiger partial charge in [-0.2, -0.15) is 4.31 Å². The fourth-order valence-corrected chi connectivity index (χ4v) is 6.14.